The van der Waals surface area contributed by atoms with Crippen molar-refractivity contribution in [2.75, 3.05) is 0 Å². The minimum atomic E-state index is 0.621. The van der Waals surface area contributed by atoms with E-state index in [0.717, 1.165) is 0 Å². The van der Waals surface area contributed by atoms with E-state index >= 15 is 0 Å². The monoisotopic (exact) mass is 546 g/mol. The first-order chi connectivity index (χ1) is 19.2. The number of aromatic nitrogens is 2. The molecule has 0 fully saturated rings. The van der Waals surface area contributed by atoms with Crippen LogP contribution in [0.3, 0.4) is 0 Å². The number of nitrogens with one attached hydrogen (secondary N) is 1. The van der Waals surface area contributed by atoms with Crippen LogP contribution >= 0.6 is 0 Å². The summed E-state index contributed by atoms with van der Waals surface area (Å²) in [7, 11) is 0. The summed E-state index contributed by atoms with van der Waals surface area (Å²) in [5, 5.41) is 0. The molecule has 1 aromatic heterocycles. The van der Waals surface area contributed by atoms with Gasteiger partial charge in [0.1, 0.15) is 12.4 Å². The molecular formula is C37H73N2+. The van der Waals surface area contributed by atoms with Crippen molar-refractivity contribution in [1.82, 2.24) is 4.98 Å². The number of hydrogen-bond donors (Lipinski definition) is 1. The van der Waals surface area contributed by atoms with Crippen molar-refractivity contribution in [1.29, 1.82) is 0 Å². The fraction of sp³-hybridized carbons (Fsp3) is 0.919. The lowest BCUT2D eigenvalue weighted by Crippen LogP contribution is -2.41. The molecule has 1 heterocycles. The molecule has 0 aromatic carbocycles. The van der Waals surface area contributed by atoms with E-state index in [1.165, 1.54) is 186 Å². The van der Waals surface area contributed by atoms with Crippen molar-refractivity contribution in [3.05, 3.63) is 18.2 Å². The van der Waals surface area contributed by atoms with Crippen LogP contribution in [0.25, 0.3) is 0 Å². The lowest BCUT2D eigenvalue weighted by molar-refractivity contribution is -0.727. The van der Waals surface area contributed by atoms with Gasteiger partial charge >= 0.3 is 0 Å². The Hall–Kier alpha value is -0.790. The van der Waals surface area contributed by atoms with E-state index in [1.54, 1.807) is 0 Å². The van der Waals surface area contributed by atoms with E-state index in [1.807, 2.05) is 0 Å². The molecular weight excluding hydrogens is 472 g/mol. The molecule has 230 valence electrons. The topological polar surface area (TPSA) is 19.7 Å². The highest BCUT2D eigenvalue weighted by molar-refractivity contribution is 4.90. The van der Waals surface area contributed by atoms with Crippen LogP contribution in [0.5, 0.6) is 0 Å². The average molecular weight is 546 g/mol. The third kappa shape index (κ3) is 19.8. The van der Waals surface area contributed by atoms with E-state index in [9.17, 15) is 0 Å². The van der Waals surface area contributed by atoms with Gasteiger partial charge in [0.05, 0.1) is 12.0 Å². The third-order valence-corrected chi connectivity index (χ3v) is 9.14. The molecule has 0 saturated heterocycles. The maximum Gasteiger partial charge on any atom is 0.257 e. The molecule has 0 amide bonds. The predicted octanol–water partition coefficient (Wildman–Crippen LogP) is 12.9. The first-order valence-corrected chi connectivity index (χ1v) is 18.3. The summed E-state index contributed by atoms with van der Waals surface area (Å²) in [4.78, 5) is 3.73. The zero-order valence-electron chi connectivity index (χ0n) is 27.6. The fourth-order valence-electron chi connectivity index (χ4n) is 6.43. The highest BCUT2D eigenvalue weighted by Gasteiger charge is 2.25. The Kier molecular flexibility index (Phi) is 25.4. The Morgan fingerprint density at radius 2 is 0.821 bits per heavy atom. The second-order valence-corrected chi connectivity index (χ2v) is 12.9. The van der Waals surface area contributed by atoms with Gasteiger partial charge in [-0.25, -0.2) is 9.55 Å². The van der Waals surface area contributed by atoms with Gasteiger partial charge in [-0.05, 0) is 32.6 Å². The SMILES string of the molecule is CCCCCCCCCCCCCC(C)[n+]1cc[nH]c1C(CCCCCCC)CCCCCCCCCCC. The highest BCUT2D eigenvalue weighted by atomic mass is 15.1. The van der Waals surface area contributed by atoms with Gasteiger partial charge in [-0.2, -0.15) is 0 Å². The number of nitrogens with zero attached hydrogens (tertiary/aromatic N) is 1. The number of imidazole rings is 1. The first kappa shape index (κ1) is 36.2. The van der Waals surface area contributed by atoms with E-state index in [0.29, 0.717) is 12.0 Å². The normalized spacial score (nSPS) is 13.2. The number of H-pyrrole nitrogens is 1. The molecule has 0 aliphatic rings. The number of unbranched alkanes of at least 4 members (excludes halogenated alkanes) is 22. The molecule has 1 N–H and O–H groups in total. The zero-order valence-corrected chi connectivity index (χ0v) is 27.6. The molecule has 2 atom stereocenters. The molecule has 0 aliphatic heterocycles. The fourth-order valence-corrected chi connectivity index (χ4v) is 6.43. The van der Waals surface area contributed by atoms with Crippen LogP contribution < -0.4 is 4.57 Å². The van der Waals surface area contributed by atoms with Crippen molar-refractivity contribution >= 4 is 0 Å². The molecule has 2 heteroatoms. The summed E-state index contributed by atoms with van der Waals surface area (Å²) in [6.07, 6.45) is 44.2. The van der Waals surface area contributed by atoms with Crippen LogP contribution in [0, 0.1) is 0 Å². The second kappa shape index (κ2) is 27.4. The summed E-state index contributed by atoms with van der Waals surface area (Å²) in [5.74, 6) is 2.24. The lowest BCUT2D eigenvalue weighted by atomic mass is 9.93. The Labute approximate surface area is 246 Å². The van der Waals surface area contributed by atoms with Gasteiger partial charge in [0.2, 0.25) is 0 Å². The second-order valence-electron chi connectivity index (χ2n) is 12.9. The molecule has 0 radical (unpaired) electrons. The van der Waals surface area contributed by atoms with Crippen LogP contribution in [-0.4, -0.2) is 4.98 Å². The zero-order chi connectivity index (χ0) is 28.2. The molecule has 1 rings (SSSR count). The van der Waals surface area contributed by atoms with Crippen LogP contribution in [-0.2, 0) is 0 Å². The van der Waals surface area contributed by atoms with Gasteiger partial charge in [-0.3, -0.25) is 0 Å². The number of hydrogen-bond acceptors (Lipinski definition) is 0. The standard InChI is InChI=1S/C37H72N2/c1-5-8-11-14-16-18-19-21-22-25-27-30-35(4)39-34-33-38-37(39)36(31-28-24-13-10-7-3)32-29-26-23-20-17-15-12-9-6-2/h33-36H,5-32H2,1-4H3/p+1. The maximum absolute atomic E-state index is 3.73. The number of rotatable bonds is 30. The van der Waals surface area contributed by atoms with E-state index < -0.39 is 0 Å². The van der Waals surface area contributed by atoms with E-state index in [4.69, 9.17) is 0 Å². The van der Waals surface area contributed by atoms with Gasteiger partial charge in [-0.1, -0.05) is 175 Å². The summed E-state index contributed by atoms with van der Waals surface area (Å²) < 4.78 is 2.63. The summed E-state index contributed by atoms with van der Waals surface area (Å²) >= 11 is 0. The molecule has 39 heavy (non-hydrogen) atoms. The molecule has 0 bridgehead atoms. The summed E-state index contributed by atoms with van der Waals surface area (Å²) in [6, 6.07) is 0.621. The molecule has 0 spiro atoms. The van der Waals surface area contributed by atoms with Gasteiger partial charge in [0.25, 0.3) is 5.82 Å². The average Bonchev–Trinajstić information content (AvgIpc) is 3.44. The van der Waals surface area contributed by atoms with Crippen molar-refractivity contribution in [2.45, 2.75) is 219 Å². The molecule has 1 aromatic rings. The molecule has 2 unspecified atom stereocenters. The van der Waals surface area contributed by atoms with Gasteiger partial charge < -0.3 is 0 Å². The quantitative estimate of drug-likeness (QED) is 0.0732. The van der Waals surface area contributed by atoms with Crippen molar-refractivity contribution in [3.63, 3.8) is 0 Å². The maximum atomic E-state index is 3.73. The Bertz CT molecular complexity index is 606. The van der Waals surface area contributed by atoms with E-state index in [-0.39, 0.29) is 0 Å². The predicted molar refractivity (Wildman–Crippen MR) is 175 cm³/mol. The van der Waals surface area contributed by atoms with E-state index in [2.05, 4.69) is 49.6 Å². The highest BCUT2D eigenvalue weighted by Crippen LogP contribution is 2.27. The van der Waals surface area contributed by atoms with Crippen LogP contribution in [0.4, 0.5) is 0 Å². The lowest BCUT2D eigenvalue weighted by Gasteiger charge is -2.17. The van der Waals surface area contributed by atoms with Gasteiger partial charge in [0.15, 0.2) is 0 Å². The Balaban J connectivity index is 2.38. The van der Waals surface area contributed by atoms with Crippen molar-refractivity contribution < 1.29 is 4.57 Å². The van der Waals surface area contributed by atoms with Crippen molar-refractivity contribution in [2.24, 2.45) is 0 Å². The minimum absolute atomic E-state index is 0.621. The molecule has 0 saturated carbocycles. The van der Waals surface area contributed by atoms with Crippen LogP contribution in [0.15, 0.2) is 12.4 Å². The van der Waals surface area contributed by atoms with Crippen LogP contribution in [0.2, 0.25) is 0 Å². The summed E-state index contributed by atoms with van der Waals surface area (Å²) in [5.41, 5.74) is 0. The molecule has 2 nitrogen and oxygen atoms in total. The van der Waals surface area contributed by atoms with Gasteiger partial charge in [0, 0.05) is 0 Å². The van der Waals surface area contributed by atoms with Gasteiger partial charge in [-0.15, -0.1) is 0 Å². The van der Waals surface area contributed by atoms with Crippen LogP contribution in [0.1, 0.15) is 225 Å². The Morgan fingerprint density at radius 1 is 0.487 bits per heavy atom. The smallest absolute Gasteiger partial charge is 0.247 e. The summed E-state index contributed by atoms with van der Waals surface area (Å²) in [6.45, 7) is 9.41. The third-order valence-electron chi connectivity index (χ3n) is 9.14. The number of aromatic amines is 1. The largest absolute Gasteiger partial charge is 0.257 e. The minimum Gasteiger partial charge on any atom is -0.247 e. The molecule has 0 aliphatic carbocycles. The van der Waals surface area contributed by atoms with Crippen molar-refractivity contribution in [3.8, 4) is 0 Å². The Morgan fingerprint density at radius 3 is 1.21 bits per heavy atom. The first-order valence-electron chi connectivity index (χ1n) is 18.3.